The standard InChI is InChI=1S/C16H19N3O2/c1-13(2)12-19(7-4-6-17)16(21)15-9-14(5-3-8-20)10-18-11-15/h9-11,13,20H,4,7-8,12H2,1-2H3. The molecule has 1 amide bonds. The molecule has 5 heteroatoms. The van der Waals surface area contributed by atoms with Gasteiger partial charge >= 0.3 is 0 Å². The van der Waals surface area contributed by atoms with E-state index in [2.05, 4.69) is 22.9 Å². The monoisotopic (exact) mass is 285 g/mol. The lowest BCUT2D eigenvalue weighted by molar-refractivity contribution is 0.0739. The average Bonchev–Trinajstić information content (AvgIpc) is 2.48. The van der Waals surface area contributed by atoms with E-state index in [1.54, 1.807) is 17.2 Å². The van der Waals surface area contributed by atoms with Crippen LogP contribution in [0, 0.1) is 29.1 Å². The third-order valence-corrected chi connectivity index (χ3v) is 2.66. The molecule has 110 valence electrons. The van der Waals surface area contributed by atoms with Gasteiger partial charge < -0.3 is 10.0 Å². The van der Waals surface area contributed by atoms with Gasteiger partial charge in [0.05, 0.1) is 18.1 Å². The second-order valence-corrected chi connectivity index (χ2v) is 4.98. The van der Waals surface area contributed by atoms with Gasteiger partial charge in [0.25, 0.3) is 5.91 Å². The number of hydrogen-bond donors (Lipinski definition) is 1. The summed E-state index contributed by atoms with van der Waals surface area (Å²) >= 11 is 0. The molecule has 1 N–H and O–H groups in total. The fraction of sp³-hybridized carbons (Fsp3) is 0.438. The Kier molecular flexibility index (Phi) is 6.94. The van der Waals surface area contributed by atoms with Crippen LogP contribution in [0.1, 0.15) is 36.2 Å². The van der Waals surface area contributed by atoms with Crippen molar-refractivity contribution in [2.24, 2.45) is 5.92 Å². The molecule has 1 aromatic rings. The van der Waals surface area contributed by atoms with Crippen molar-refractivity contribution < 1.29 is 9.90 Å². The van der Waals surface area contributed by atoms with Crippen molar-refractivity contribution in [2.75, 3.05) is 19.7 Å². The highest BCUT2D eigenvalue weighted by Gasteiger charge is 2.17. The number of hydrogen-bond acceptors (Lipinski definition) is 4. The van der Waals surface area contributed by atoms with Gasteiger partial charge in [0.15, 0.2) is 0 Å². The molecule has 5 nitrogen and oxygen atoms in total. The zero-order valence-corrected chi connectivity index (χ0v) is 12.3. The smallest absolute Gasteiger partial charge is 0.255 e. The average molecular weight is 285 g/mol. The van der Waals surface area contributed by atoms with Crippen molar-refractivity contribution in [2.45, 2.75) is 20.3 Å². The Balaban J connectivity index is 2.94. The van der Waals surface area contributed by atoms with Crippen LogP contribution in [-0.4, -0.2) is 40.6 Å². The van der Waals surface area contributed by atoms with E-state index in [-0.39, 0.29) is 12.5 Å². The van der Waals surface area contributed by atoms with Gasteiger partial charge in [-0.25, -0.2) is 0 Å². The number of rotatable bonds is 5. The quantitative estimate of drug-likeness (QED) is 0.830. The number of carbonyl (C=O) groups excluding carboxylic acids is 1. The van der Waals surface area contributed by atoms with Gasteiger partial charge in [-0.3, -0.25) is 9.78 Å². The van der Waals surface area contributed by atoms with Crippen LogP contribution < -0.4 is 0 Å². The summed E-state index contributed by atoms with van der Waals surface area (Å²) in [5.41, 5.74) is 1.03. The fourth-order valence-corrected chi connectivity index (χ4v) is 1.85. The molecular formula is C16H19N3O2. The largest absolute Gasteiger partial charge is 0.384 e. The van der Waals surface area contributed by atoms with Crippen molar-refractivity contribution in [3.8, 4) is 17.9 Å². The minimum atomic E-state index is -0.236. The number of amides is 1. The van der Waals surface area contributed by atoms with Crippen LogP contribution in [0.5, 0.6) is 0 Å². The number of pyridine rings is 1. The molecule has 0 bridgehead atoms. The summed E-state index contributed by atoms with van der Waals surface area (Å²) in [5, 5.41) is 17.4. The normalized spacial score (nSPS) is 9.67. The Hall–Kier alpha value is -2.37. The number of carbonyl (C=O) groups is 1. The molecule has 1 rings (SSSR count). The van der Waals surface area contributed by atoms with E-state index in [0.29, 0.717) is 36.6 Å². The van der Waals surface area contributed by atoms with Crippen LogP contribution in [0.3, 0.4) is 0 Å². The molecule has 0 spiro atoms. The van der Waals surface area contributed by atoms with Crippen LogP contribution in [-0.2, 0) is 0 Å². The minimum Gasteiger partial charge on any atom is -0.384 e. The third-order valence-electron chi connectivity index (χ3n) is 2.66. The minimum absolute atomic E-state index is 0.154. The molecule has 0 fully saturated rings. The summed E-state index contributed by atoms with van der Waals surface area (Å²) in [6.07, 6.45) is 3.34. The number of aromatic nitrogens is 1. The molecule has 0 radical (unpaired) electrons. The molecule has 1 aromatic heterocycles. The van der Waals surface area contributed by atoms with E-state index in [9.17, 15) is 4.79 Å². The number of aliphatic hydroxyl groups is 1. The van der Waals surface area contributed by atoms with E-state index in [4.69, 9.17) is 10.4 Å². The summed E-state index contributed by atoms with van der Waals surface area (Å²) in [5.74, 6) is 5.41. The fourth-order valence-electron chi connectivity index (χ4n) is 1.85. The van der Waals surface area contributed by atoms with Crippen LogP contribution in [0.4, 0.5) is 0 Å². The van der Waals surface area contributed by atoms with Crippen molar-refractivity contribution in [1.82, 2.24) is 9.88 Å². The second-order valence-electron chi connectivity index (χ2n) is 4.98. The molecule has 0 aliphatic carbocycles. The Morgan fingerprint density at radius 2 is 2.24 bits per heavy atom. The lowest BCUT2D eigenvalue weighted by atomic mass is 10.1. The van der Waals surface area contributed by atoms with E-state index in [1.165, 1.54) is 6.20 Å². The van der Waals surface area contributed by atoms with Crippen LogP contribution >= 0.6 is 0 Å². The van der Waals surface area contributed by atoms with E-state index in [1.807, 2.05) is 13.8 Å². The molecule has 0 aliphatic heterocycles. The lowest BCUT2D eigenvalue weighted by Gasteiger charge is -2.23. The summed E-state index contributed by atoms with van der Waals surface area (Å²) in [4.78, 5) is 18.2. The molecule has 1 heterocycles. The lowest BCUT2D eigenvalue weighted by Crippen LogP contribution is -2.35. The van der Waals surface area contributed by atoms with Crippen molar-refractivity contribution in [1.29, 1.82) is 5.26 Å². The van der Waals surface area contributed by atoms with E-state index in [0.717, 1.165) is 0 Å². The molecule has 0 atom stereocenters. The summed E-state index contributed by atoms with van der Waals surface area (Å²) in [6.45, 7) is 4.80. The Bertz CT molecular complexity index is 579. The summed E-state index contributed by atoms with van der Waals surface area (Å²) in [6, 6.07) is 3.71. The summed E-state index contributed by atoms with van der Waals surface area (Å²) < 4.78 is 0. The highest BCUT2D eigenvalue weighted by molar-refractivity contribution is 5.94. The van der Waals surface area contributed by atoms with Gasteiger partial charge in [-0.05, 0) is 12.0 Å². The Morgan fingerprint density at radius 1 is 1.48 bits per heavy atom. The first-order valence-corrected chi connectivity index (χ1v) is 6.79. The SMILES string of the molecule is CC(C)CN(CCC#N)C(=O)c1cncc(C#CCO)c1. The predicted octanol–water partition coefficient (Wildman–Crippen LogP) is 1.44. The van der Waals surface area contributed by atoms with Gasteiger partial charge in [-0.1, -0.05) is 25.7 Å². The van der Waals surface area contributed by atoms with Crippen LogP contribution in [0.2, 0.25) is 0 Å². The molecule has 0 aliphatic rings. The predicted molar refractivity (Wildman–Crippen MR) is 79.2 cm³/mol. The van der Waals surface area contributed by atoms with Gasteiger partial charge in [0, 0.05) is 31.0 Å². The maximum absolute atomic E-state index is 12.5. The maximum atomic E-state index is 12.5. The first kappa shape index (κ1) is 16.7. The molecule has 21 heavy (non-hydrogen) atoms. The van der Waals surface area contributed by atoms with Gasteiger partial charge in [0.1, 0.15) is 6.61 Å². The maximum Gasteiger partial charge on any atom is 0.255 e. The van der Waals surface area contributed by atoms with Gasteiger partial charge in [-0.15, -0.1) is 0 Å². The van der Waals surface area contributed by atoms with E-state index >= 15 is 0 Å². The zero-order valence-electron chi connectivity index (χ0n) is 12.3. The Morgan fingerprint density at radius 3 is 2.86 bits per heavy atom. The van der Waals surface area contributed by atoms with Gasteiger partial charge in [-0.2, -0.15) is 5.26 Å². The molecule has 0 unspecified atom stereocenters. The second kappa shape index (κ2) is 8.73. The first-order chi connectivity index (χ1) is 10.1. The first-order valence-electron chi connectivity index (χ1n) is 6.79. The number of nitriles is 1. The number of aliphatic hydroxyl groups excluding tert-OH is 1. The van der Waals surface area contributed by atoms with Crippen molar-refractivity contribution >= 4 is 5.91 Å². The Labute approximate surface area is 125 Å². The zero-order chi connectivity index (χ0) is 15.7. The molecule has 0 saturated carbocycles. The highest BCUT2D eigenvalue weighted by atomic mass is 16.2. The van der Waals surface area contributed by atoms with E-state index < -0.39 is 0 Å². The molecule has 0 aromatic carbocycles. The molecular weight excluding hydrogens is 266 g/mol. The van der Waals surface area contributed by atoms with Crippen molar-refractivity contribution in [3.63, 3.8) is 0 Å². The van der Waals surface area contributed by atoms with Crippen LogP contribution in [0.15, 0.2) is 18.5 Å². The van der Waals surface area contributed by atoms with Crippen molar-refractivity contribution in [3.05, 3.63) is 29.6 Å². The topological polar surface area (TPSA) is 77.2 Å². The van der Waals surface area contributed by atoms with Gasteiger partial charge in [0.2, 0.25) is 0 Å². The highest BCUT2D eigenvalue weighted by Crippen LogP contribution is 2.09. The molecule has 0 saturated heterocycles. The number of nitrogens with zero attached hydrogens (tertiary/aromatic N) is 3. The third kappa shape index (κ3) is 5.64. The van der Waals surface area contributed by atoms with Crippen LogP contribution in [0.25, 0.3) is 0 Å². The summed E-state index contributed by atoms with van der Waals surface area (Å²) in [7, 11) is 0.